The van der Waals surface area contributed by atoms with Crippen molar-refractivity contribution in [2.75, 3.05) is 23.6 Å². The van der Waals surface area contributed by atoms with Crippen LogP contribution in [0.3, 0.4) is 0 Å². The molecule has 154 valence electrons. The first-order valence-electron chi connectivity index (χ1n) is 8.11. The Morgan fingerprint density at radius 2 is 1.93 bits per heavy atom. The molecule has 0 spiro atoms. The fourth-order valence-corrected chi connectivity index (χ4v) is 2.35. The molecule has 13 nitrogen and oxygen atoms in total. The van der Waals surface area contributed by atoms with Gasteiger partial charge in [-0.25, -0.2) is 4.79 Å². The van der Waals surface area contributed by atoms with Gasteiger partial charge in [-0.2, -0.15) is 0 Å². The summed E-state index contributed by atoms with van der Waals surface area (Å²) in [5.41, 5.74) is -0.297. The van der Waals surface area contributed by atoms with E-state index in [1.54, 1.807) is 0 Å². The molecular formula is C15H21N5O8. The molecule has 0 bridgehead atoms. The summed E-state index contributed by atoms with van der Waals surface area (Å²) in [6.07, 6.45) is 1.11. The third kappa shape index (κ3) is 7.43. The van der Waals surface area contributed by atoms with Crippen molar-refractivity contribution in [3.8, 4) is 0 Å². The van der Waals surface area contributed by atoms with E-state index in [9.17, 15) is 35.4 Å². The minimum absolute atomic E-state index is 0.00275. The molecule has 0 fully saturated rings. The van der Waals surface area contributed by atoms with Crippen LogP contribution in [0.1, 0.15) is 19.3 Å². The Morgan fingerprint density at radius 1 is 1.25 bits per heavy atom. The van der Waals surface area contributed by atoms with E-state index in [0.717, 1.165) is 6.07 Å². The SMILES string of the molecule is C=C(C[N+](=O)[O-])NC(CCCCNc1ccc([N+](=O)[O-])cc1N(O)O)C(=O)O. The second-order valence-corrected chi connectivity index (χ2v) is 5.80. The highest BCUT2D eigenvalue weighted by molar-refractivity contribution is 5.73. The van der Waals surface area contributed by atoms with E-state index < -0.39 is 28.4 Å². The van der Waals surface area contributed by atoms with Gasteiger partial charge in [0.2, 0.25) is 6.54 Å². The first kappa shape index (κ1) is 22.6. The highest BCUT2D eigenvalue weighted by Crippen LogP contribution is 2.28. The average Bonchev–Trinajstić information content (AvgIpc) is 2.59. The summed E-state index contributed by atoms with van der Waals surface area (Å²) < 4.78 is 0. The van der Waals surface area contributed by atoms with Crippen LogP contribution in [0.15, 0.2) is 30.5 Å². The third-order valence-electron chi connectivity index (χ3n) is 3.64. The summed E-state index contributed by atoms with van der Waals surface area (Å²) in [6.45, 7) is 3.16. The van der Waals surface area contributed by atoms with Crippen LogP contribution in [-0.2, 0) is 4.79 Å². The second-order valence-electron chi connectivity index (χ2n) is 5.80. The molecule has 0 aliphatic carbocycles. The number of non-ortho nitro benzene ring substituents is 1. The molecule has 13 heteroatoms. The number of nitrogens with zero attached hydrogens (tertiary/aromatic N) is 3. The summed E-state index contributed by atoms with van der Waals surface area (Å²) in [5, 5.41) is 53.8. The van der Waals surface area contributed by atoms with Gasteiger partial charge in [-0.05, 0) is 25.3 Å². The Hall–Kier alpha value is -3.45. The highest BCUT2D eigenvalue weighted by atomic mass is 16.8. The smallest absolute Gasteiger partial charge is 0.326 e. The number of hydrogen-bond donors (Lipinski definition) is 5. The fraction of sp³-hybridized carbons (Fsp3) is 0.400. The fourth-order valence-electron chi connectivity index (χ4n) is 2.35. The number of nitro benzene ring substituents is 1. The molecule has 0 saturated heterocycles. The molecule has 0 heterocycles. The molecule has 1 aromatic carbocycles. The Kier molecular flexibility index (Phi) is 8.58. The number of aliphatic carboxylic acids is 1. The predicted molar refractivity (Wildman–Crippen MR) is 97.1 cm³/mol. The van der Waals surface area contributed by atoms with Crippen molar-refractivity contribution in [1.82, 2.24) is 5.32 Å². The van der Waals surface area contributed by atoms with Gasteiger partial charge in [0, 0.05) is 23.6 Å². The summed E-state index contributed by atoms with van der Waals surface area (Å²) in [4.78, 5) is 31.1. The molecule has 5 N–H and O–H groups in total. The molecule has 0 aliphatic rings. The monoisotopic (exact) mass is 399 g/mol. The zero-order valence-corrected chi connectivity index (χ0v) is 14.8. The van der Waals surface area contributed by atoms with Crippen molar-refractivity contribution in [2.24, 2.45) is 0 Å². The summed E-state index contributed by atoms with van der Waals surface area (Å²) >= 11 is 0. The van der Waals surface area contributed by atoms with Crippen molar-refractivity contribution < 1.29 is 30.2 Å². The lowest BCUT2D eigenvalue weighted by molar-refractivity contribution is -0.471. The second kappa shape index (κ2) is 10.6. The van der Waals surface area contributed by atoms with Crippen LogP contribution in [0.2, 0.25) is 0 Å². The maximum absolute atomic E-state index is 11.2. The molecule has 1 aromatic rings. The third-order valence-corrected chi connectivity index (χ3v) is 3.64. The van der Waals surface area contributed by atoms with Gasteiger partial charge >= 0.3 is 5.97 Å². The number of carbonyl (C=O) groups is 1. The normalized spacial score (nSPS) is 11.4. The summed E-state index contributed by atoms with van der Waals surface area (Å²) in [6, 6.07) is 2.47. The van der Waals surface area contributed by atoms with Crippen molar-refractivity contribution in [2.45, 2.75) is 25.3 Å². The van der Waals surface area contributed by atoms with Crippen LogP contribution in [0.25, 0.3) is 0 Å². The molecule has 1 unspecified atom stereocenters. The van der Waals surface area contributed by atoms with E-state index in [2.05, 4.69) is 17.2 Å². The zero-order chi connectivity index (χ0) is 21.3. The molecule has 0 aliphatic heterocycles. The van der Waals surface area contributed by atoms with Crippen LogP contribution in [0.4, 0.5) is 17.1 Å². The first-order chi connectivity index (χ1) is 13.1. The minimum atomic E-state index is -1.16. The lowest BCUT2D eigenvalue weighted by Gasteiger charge is -2.17. The number of nitrogens with one attached hydrogen (secondary N) is 2. The van der Waals surface area contributed by atoms with Gasteiger partial charge in [0.25, 0.3) is 5.69 Å². The molecular weight excluding hydrogens is 378 g/mol. The van der Waals surface area contributed by atoms with Crippen molar-refractivity contribution >= 4 is 23.0 Å². The van der Waals surface area contributed by atoms with Gasteiger partial charge in [-0.1, -0.05) is 6.58 Å². The number of carboxylic acid groups (broad SMARTS) is 1. The van der Waals surface area contributed by atoms with Gasteiger partial charge in [0.1, 0.15) is 11.7 Å². The number of anilines is 2. The van der Waals surface area contributed by atoms with Crippen LogP contribution in [0, 0.1) is 20.2 Å². The standard InChI is InChI=1S/C15H21N5O8/c1-10(9-18(23)24)17-13(15(21)22)4-2-3-7-16-12-6-5-11(19(25)26)8-14(12)20(27)28/h5-6,8,13,16-17,27-28H,1-4,7,9H2,(H,21,22). The Balaban J connectivity index is 2.53. The summed E-state index contributed by atoms with van der Waals surface area (Å²) in [5.74, 6) is -1.16. The van der Waals surface area contributed by atoms with Gasteiger partial charge < -0.3 is 15.7 Å². The number of carboxylic acids is 1. The molecule has 1 atom stereocenters. The molecule has 0 aromatic heterocycles. The lowest BCUT2D eigenvalue weighted by atomic mass is 10.1. The Bertz CT molecular complexity index is 739. The predicted octanol–water partition coefficient (Wildman–Crippen LogP) is 1.59. The van der Waals surface area contributed by atoms with E-state index in [4.69, 9.17) is 5.11 Å². The average molecular weight is 399 g/mol. The molecule has 28 heavy (non-hydrogen) atoms. The topological polar surface area (TPSA) is 191 Å². The first-order valence-corrected chi connectivity index (χ1v) is 8.11. The number of unbranched alkanes of at least 4 members (excludes halogenated alkanes) is 1. The Labute approximate surface area is 159 Å². The van der Waals surface area contributed by atoms with E-state index in [1.807, 2.05) is 0 Å². The van der Waals surface area contributed by atoms with Crippen molar-refractivity contribution in [3.63, 3.8) is 0 Å². The van der Waals surface area contributed by atoms with Gasteiger partial charge in [-0.3, -0.25) is 30.6 Å². The maximum Gasteiger partial charge on any atom is 0.326 e. The number of rotatable bonds is 13. The molecule has 0 radical (unpaired) electrons. The number of nitro groups is 2. The highest BCUT2D eigenvalue weighted by Gasteiger charge is 2.19. The van der Waals surface area contributed by atoms with Gasteiger partial charge in [-0.15, -0.1) is 5.23 Å². The summed E-state index contributed by atoms with van der Waals surface area (Å²) in [7, 11) is 0. The van der Waals surface area contributed by atoms with Gasteiger partial charge in [0.05, 0.1) is 16.3 Å². The van der Waals surface area contributed by atoms with E-state index in [1.165, 1.54) is 12.1 Å². The number of benzene rings is 1. The Morgan fingerprint density at radius 3 is 2.46 bits per heavy atom. The van der Waals surface area contributed by atoms with Crippen molar-refractivity contribution in [1.29, 1.82) is 0 Å². The van der Waals surface area contributed by atoms with E-state index in [0.29, 0.717) is 19.4 Å². The van der Waals surface area contributed by atoms with E-state index >= 15 is 0 Å². The van der Waals surface area contributed by atoms with Crippen LogP contribution in [0.5, 0.6) is 0 Å². The maximum atomic E-state index is 11.2. The number of hydrogen-bond acceptors (Lipinski definition) is 10. The largest absolute Gasteiger partial charge is 0.480 e. The lowest BCUT2D eigenvalue weighted by Crippen LogP contribution is -2.37. The van der Waals surface area contributed by atoms with Crippen LogP contribution in [-0.4, -0.2) is 50.5 Å². The minimum Gasteiger partial charge on any atom is -0.480 e. The molecule has 0 saturated carbocycles. The van der Waals surface area contributed by atoms with Crippen LogP contribution < -0.4 is 15.9 Å². The van der Waals surface area contributed by atoms with Crippen molar-refractivity contribution in [3.05, 3.63) is 50.7 Å². The van der Waals surface area contributed by atoms with Gasteiger partial charge in [0.15, 0.2) is 0 Å². The zero-order valence-electron chi connectivity index (χ0n) is 14.8. The van der Waals surface area contributed by atoms with Crippen LogP contribution >= 0.6 is 0 Å². The molecule has 0 amide bonds. The quantitative estimate of drug-likeness (QED) is 0.184. The van der Waals surface area contributed by atoms with E-state index in [-0.39, 0.29) is 34.4 Å². The molecule has 1 rings (SSSR count).